The fraction of sp³-hybridized carbons (Fsp3) is 0.688. The normalized spacial score (nSPS) is 17.7. The number of carboxylic acid groups (broad SMARTS) is 1. The monoisotopic (exact) mass is 291 g/mol. The number of carbonyl (C=O) groups is 1. The predicted molar refractivity (Wildman–Crippen MR) is 82.4 cm³/mol. The average molecular weight is 291 g/mol. The third kappa shape index (κ3) is 4.41. The molecule has 0 spiro atoms. The van der Waals surface area contributed by atoms with Crippen LogP contribution in [0, 0.1) is 5.41 Å². The average Bonchev–Trinajstić information content (AvgIpc) is 2.46. The van der Waals surface area contributed by atoms with Crippen LogP contribution >= 0.6 is 0 Å². The van der Waals surface area contributed by atoms with Crippen molar-refractivity contribution in [1.29, 1.82) is 0 Å². The quantitative estimate of drug-likeness (QED) is 0.839. The SMILES string of the molecule is CC(C)c1cc(NCC2(CC(=O)O)CCCCC2)ncn1. The molecule has 0 radical (unpaired) electrons. The molecule has 1 heterocycles. The summed E-state index contributed by atoms with van der Waals surface area (Å²) < 4.78 is 0. The van der Waals surface area contributed by atoms with Gasteiger partial charge in [-0.05, 0) is 24.2 Å². The van der Waals surface area contributed by atoms with Gasteiger partial charge in [-0.1, -0.05) is 33.1 Å². The molecule has 0 aliphatic heterocycles. The molecule has 2 N–H and O–H groups in total. The van der Waals surface area contributed by atoms with Gasteiger partial charge in [0.05, 0.1) is 6.42 Å². The second kappa shape index (κ2) is 6.87. The summed E-state index contributed by atoms with van der Waals surface area (Å²) in [5.41, 5.74) is 0.871. The second-order valence-corrected chi connectivity index (χ2v) is 6.47. The molecular weight excluding hydrogens is 266 g/mol. The van der Waals surface area contributed by atoms with Crippen LogP contribution in [0.5, 0.6) is 0 Å². The zero-order valence-electron chi connectivity index (χ0n) is 12.9. The molecule has 0 bridgehead atoms. The first-order chi connectivity index (χ1) is 10.0. The van der Waals surface area contributed by atoms with E-state index in [0.29, 0.717) is 12.5 Å². The van der Waals surface area contributed by atoms with Crippen molar-refractivity contribution < 1.29 is 9.90 Å². The number of aliphatic carboxylic acids is 1. The fourth-order valence-corrected chi connectivity index (χ4v) is 3.10. The minimum absolute atomic E-state index is 0.132. The fourth-order valence-electron chi connectivity index (χ4n) is 3.10. The Balaban J connectivity index is 2.04. The molecule has 1 fully saturated rings. The lowest BCUT2D eigenvalue weighted by Gasteiger charge is -2.36. The van der Waals surface area contributed by atoms with Crippen LogP contribution < -0.4 is 5.32 Å². The topological polar surface area (TPSA) is 75.1 Å². The van der Waals surface area contributed by atoms with Crippen LogP contribution in [0.25, 0.3) is 0 Å². The summed E-state index contributed by atoms with van der Waals surface area (Å²) >= 11 is 0. The van der Waals surface area contributed by atoms with E-state index in [4.69, 9.17) is 0 Å². The van der Waals surface area contributed by atoms with Crippen molar-refractivity contribution in [3.63, 3.8) is 0 Å². The number of nitrogens with one attached hydrogen (secondary N) is 1. The summed E-state index contributed by atoms with van der Waals surface area (Å²) in [7, 11) is 0. The van der Waals surface area contributed by atoms with E-state index >= 15 is 0 Å². The third-order valence-corrected chi connectivity index (χ3v) is 4.36. The zero-order chi connectivity index (χ0) is 15.3. The summed E-state index contributed by atoms with van der Waals surface area (Å²) in [4.78, 5) is 19.7. The molecule has 5 nitrogen and oxygen atoms in total. The van der Waals surface area contributed by atoms with E-state index in [1.165, 1.54) is 6.42 Å². The van der Waals surface area contributed by atoms with Crippen molar-refractivity contribution in [3.05, 3.63) is 18.1 Å². The van der Waals surface area contributed by atoms with Gasteiger partial charge in [-0.15, -0.1) is 0 Å². The lowest BCUT2D eigenvalue weighted by Crippen LogP contribution is -2.34. The van der Waals surface area contributed by atoms with E-state index < -0.39 is 5.97 Å². The molecule has 2 rings (SSSR count). The largest absolute Gasteiger partial charge is 0.481 e. The highest BCUT2D eigenvalue weighted by molar-refractivity contribution is 5.67. The summed E-state index contributed by atoms with van der Waals surface area (Å²) in [6.45, 7) is 4.87. The predicted octanol–water partition coefficient (Wildman–Crippen LogP) is 3.44. The molecule has 1 aliphatic carbocycles. The lowest BCUT2D eigenvalue weighted by molar-refractivity contribution is -0.140. The van der Waals surface area contributed by atoms with Gasteiger partial charge >= 0.3 is 5.97 Å². The van der Waals surface area contributed by atoms with Crippen LogP contribution in [0.3, 0.4) is 0 Å². The highest BCUT2D eigenvalue weighted by Gasteiger charge is 2.34. The summed E-state index contributed by atoms with van der Waals surface area (Å²) in [6, 6.07) is 1.96. The Labute approximate surface area is 126 Å². The Morgan fingerprint density at radius 2 is 2.05 bits per heavy atom. The van der Waals surface area contributed by atoms with Crippen LogP contribution in [0.2, 0.25) is 0 Å². The van der Waals surface area contributed by atoms with Gasteiger partial charge in [-0.2, -0.15) is 0 Å². The van der Waals surface area contributed by atoms with E-state index in [9.17, 15) is 9.90 Å². The van der Waals surface area contributed by atoms with Gasteiger partial charge in [0, 0.05) is 18.3 Å². The van der Waals surface area contributed by atoms with Gasteiger partial charge in [-0.25, -0.2) is 9.97 Å². The van der Waals surface area contributed by atoms with Crippen LogP contribution in [0.15, 0.2) is 12.4 Å². The van der Waals surface area contributed by atoms with Gasteiger partial charge in [-0.3, -0.25) is 4.79 Å². The summed E-state index contributed by atoms with van der Waals surface area (Å²) in [6.07, 6.45) is 7.23. The first kappa shape index (κ1) is 15.7. The molecule has 21 heavy (non-hydrogen) atoms. The zero-order valence-corrected chi connectivity index (χ0v) is 12.9. The molecule has 5 heteroatoms. The van der Waals surface area contributed by atoms with Gasteiger partial charge in [0.2, 0.25) is 0 Å². The molecule has 116 valence electrons. The molecule has 0 unspecified atom stereocenters. The number of nitrogens with zero attached hydrogens (tertiary/aromatic N) is 2. The van der Waals surface area contributed by atoms with Crippen LogP contribution in [0.1, 0.15) is 64.0 Å². The molecule has 1 saturated carbocycles. The molecule has 1 aliphatic rings. The molecule has 0 aromatic carbocycles. The van der Waals surface area contributed by atoms with Gasteiger partial charge in [0.15, 0.2) is 0 Å². The van der Waals surface area contributed by atoms with Gasteiger partial charge in [0.25, 0.3) is 0 Å². The van der Waals surface area contributed by atoms with Crippen LogP contribution in [-0.4, -0.2) is 27.6 Å². The smallest absolute Gasteiger partial charge is 0.303 e. The minimum Gasteiger partial charge on any atom is -0.481 e. The Hall–Kier alpha value is -1.65. The molecule has 0 atom stereocenters. The Morgan fingerprint density at radius 3 is 2.67 bits per heavy atom. The molecule has 0 amide bonds. The molecule has 1 aromatic heterocycles. The van der Waals surface area contributed by atoms with Crippen molar-refractivity contribution in [2.45, 2.75) is 58.3 Å². The van der Waals surface area contributed by atoms with E-state index in [1.54, 1.807) is 6.33 Å². The Kier molecular flexibility index (Phi) is 5.15. The van der Waals surface area contributed by atoms with Crippen molar-refractivity contribution in [1.82, 2.24) is 9.97 Å². The maximum Gasteiger partial charge on any atom is 0.303 e. The summed E-state index contributed by atoms with van der Waals surface area (Å²) in [5, 5.41) is 12.5. The molecular formula is C16H25N3O2. The first-order valence-corrected chi connectivity index (χ1v) is 7.78. The van der Waals surface area contributed by atoms with Crippen molar-refractivity contribution in [2.24, 2.45) is 5.41 Å². The Bertz CT molecular complexity index is 482. The van der Waals surface area contributed by atoms with Crippen molar-refractivity contribution in [3.8, 4) is 0 Å². The lowest BCUT2D eigenvalue weighted by atomic mass is 9.71. The van der Waals surface area contributed by atoms with Crippen LogP contribution in [0.4, 0.5) is 5.82 Å². The number of aromatic nitrogens is 2. The number of rotatable bonds is 6. The number of anilines is 1. The van der Waals surface area contributed by atoms with E-state index in [2.05, 4.69) is 29.1 Å². The highest BCUT2D eigenvalue weighted by Crippen LogP contribution is 2.39. The number of carboxylic acids is 1. The molecule has 1 aromatic rings. The van der Waals surface area contributed by atoms with Crippen LogP contribution in [-0.2, 0) is 4.79 Å². The van der Waals surface area contributed by atoms with E-state index in [1.807, 2.05) is 6.07 Å². The third-order valence-electron chi connectivity index (χ3n) is 4.36. The minimum atomic E-state index is -0.704. The van der Waals surface area contributed by atoms with E-state index in [0.717, 1.165) is 37.2 Å². The highest BCUT2D eigenvalue weighted by atomic mass is 16.4. The van der Waals surface area contributed by atoms with Gasteiger partial charge < -0.3 is 10.4 Å². The van der Waals surface area contributed by atoms with Gasteiger partial charge in [0.1, 0.15) is 12.1 Å². The Morgan fingerprint density at radius 1 is 1.33 bits per heavy atom. The van der Waals surface area contributed by atoms with Crippen molar-refractivity contribution >= 4 is 11.8 Å². The number of hydrogen-bond acceptors (Lipinski definition) is 4. The second-order valence-electron chi connectivity index (χ2n) is 6.47. The summed E-state index contributed by atoms with van der Waals surface area (Å²) in [5.74, 6) is 0.449. The first-order valence-electron chi connectivity index (χ1n) is 7.78. The maximum atomic E-state index is 11.2. The molecule has 0 saturated heterocycles. The maximum absolute atomic E-state index is 11.2. The number of hydrogen-bond donors (Lipinski definition) is 2. The van der Waals surface area contributed by atoms with E-state index in [-0.39, 0.29) is 11.8 Å². The standard InChI is InChI=1S/C16H25N3O2/c1-12(2)13-8-14(19-11-18-13)17-10-16(9-15(20)21)6-4-3-5-7-16/h8,11-12H,3-7,9-10H2,1-2H3,(H,20,21)(H,17,18,19). The van der Waals surface area contributed by atoms with Crippen molar-refractivity contribution in [2.75, 3.05) is 11.9 Å².